The number of hydrogen-bond acceptors (Lipinski definition) is 1. The molecule has 22 heavy (non-hydrogen) atoms. The lowest BCUT2D eigenvalue weighted by atomic mass is 9.83. The molecule has 3 aromatic rings. The molecule has 2 heteroatoms. The number of benzene rings is 3. The second-order valence-corrected chi connectivity index (χ2v) is 5.23. The first kappa shape index (κ1) is 14.5. The SMILES string of the molecule is [O]OC(c1ccccc1)C(c1ccccc1)c1ccccc1. The highest BCUT2D eigenvalue weighted by Gasteiger charge is 2.28. The Hall–Kier alpha value is -2.42. The molecule has 0 N–H and O–H groups in total. The molecule has 1 atom stereocenters. The first-order valence-electron chi connectivity index (χ1n) is 7.33. The first-order chi connectivity index (χ1) is 10.9. The van der Waals surface area contributed by atoms with Gasteiger partial charge in [-0.3, -0.25) is 0 Å². The van der Waals surface area contributed by atoms with Crippen LogP contribution in [0.3, 0.4) is 0 Å². The van der Waals surface area contributed by atoms with Crippen molar-refractivity contribution in [2.45, 2.75) is 12.0 Å². The first-order valence-corrected chi connectivity index (χ1v) is 7.33. The molecule has 0 aliphatic heterocycles. The van der Waals surface area contributed by atoms with Gasteiger partial charge in [-0.1, -0.05) is 91.0 Å². The molecule has 0 aliphatic rings. The Bertz CT molecular complexity index is 641. The standard InChI is InChI=1S/C20H17O2/c21-22-20(18-14-8-3-9-15-18)19(16-10-4-1-5-11-16)17-12-6-2-7-13-17/h1-15,19-20H. The molecule has 3 aromatic carbocycles. The molecule has 0 aromatic heterocycles. The van der Waals surface area contributed by atoms with Gasteiger partial charge in [-0.25, -0.2) is 0 Å². The minimum Gasteiger partial charge on any atom is -0.195 e. The molecule has 0 saturated heterocycles. The van der Waals surface area contributed by atoms with E-state index in [0.717, 1.165) is 16.7 Å². The topological polar surface area (TPSA) is 29.1 Å². The summed E-state index contributed by atoms with van der Waals surface area (Å²) in [6, 6.07) is 29.7. The van der Waals surface area contributed by atoms with Gasteiger partial charge in [-0.05, 0) is 21.9 Å². The van der Waals surface area contributed by atoms with Gasteiger partial charge < -0.3 is 0 Å². The molecule has 0 heterocycles. The summed E-state index contributed by atoms with van der Waals surface area (Å²) in [4.78, 5) is 4.66. The van der Waals surface area contributed by atoms with Crippen LogP contribution >= 0.6 is 0 Å². The minimum absolute atomic E-state index is 0.137. The van der Waals surface area contributed by atoms with Gasteiger partial charge in [0.2, 0.25) is 0 Å². The minimum atomic E-state index is -0.564. The molecule has 2 nitrogen and oxygen atoms in total. The zero-order chi connectivity index (χ0) is 15.2. The van der Waals surface area contributed by atoms with Crippen LogP contribution in [0.5, 0.6) is 0 Å². The number of hydrogen-bond donors (Lipinski definition) is 0. The number of rotatable bonds is 5. The average Bonchev–Trinajstić information content (AvgIpc) is 2.62. The van der Waals surface area contributed by atoms with E-state index in [0.29, 0.717) is 0 Å². The quantitative estimate of drug-likeness (QED) is 0.484. The van der Waals surface area contributed by atoms with E-state index in [1.54, 1.807) is 0 Å². The van der Waals surface area contributed by atoms with Crippen LogP contribution in [0.15, 0.2) is 91.0 Å². The molecular weight excluding hydrogens is 272 g/mol. The maximum atomic E-state index is 11.5. The van der Waals surface area contributed by atoms with Crippen LogP contribution in [-0.4, -0.2) is 0 Å². The highest BCUT2D eigenvalue weighted by atomic mass is 17.1. The predicted octanol–water partition coefficient (Wildman–Crippen LogP) is 4.92. The van der Waals surface area contributed by atoms with Crippen molar-refractivity contribution in [1.82, 2.24) is 0 Å². The van der Waals surface area contributed by atoms with Crippen LogP contribution in [0.4, 0.5) is 0 Å². The summed E-state index contributed by atoms with van der Waals surface area (Å²) in [7, 11) is 0. The van der Waals surface area contributed by atoms with Gasteiger partial charge in [-0.2, -0.15) is 4.89 Å². The Morgan fingerprint density at radius 2 is 0.909 bits per heavy atom. The lowest BCUT2D eigenvalue weighted by Gasteiger charge is -2.25. The van der Waals surface area contributed by atoms with E-state index in [4.69, 9.17) is 0 Å². The molecule has 0 saturated carbocycles. The fraction of sp³-hybridized carbons (Fsp3) is 0.100. The van der Waals surface area contributed by atoms with Gasteiger partial charge in [0.1, 0.15) is 6.10 Å². The normalized spacial score (nSPS) is 12.3. The van der Waals surface area contributed by atoms with E-state index in [-0.39, 0.29) is 5.92 Å². The maximum absolute atomic E-state index is 11.5. The highest BCUT2D eigenvalue weighted by Crippen LogP contribution is 2.38. The van der Waals surface area contributed by atoms with Gasteiger partial charge in [0, 0.05) is 5.92 Å². The van der Waals surface area contributed by atoms with Crippen molar-refractivity contribution in [3.63, 3.8) is 0 Å². The Morgan fingerprint density at radius 1 is 0.545 bits per heavy atom. The molecule has 0 bridgehead atoms. The molecule has 0 spiro atoms. The van der Waals surface area contributed by atoms with E-state index in [1.807, 2.05) is 91.0 Å². The third-order valence-corrected chi connectivity index (χ3v) is 3.85. The second kappa shape index (κ2) is 7.03. The summed E-state index contributed by atoms with van der Waals surface area (Å²) >= 11 is 0. The van der Waals surface area contributed by atoms with Crippen molar-refractivity contribution in [2.24, 2.45) is 0 Å². The van der Waals surface area contributed by atoms with Crippen LogP contribution < -0.4 is 0 Å². The van der Waals surface area contributed by atoms with Crippen LogP contribution in [0.1, 0.15) is 28.7 Å². The van der Waals surface area contributed by atoms with Crippen molar-refractivity contribution in [1.29, 1.82) is 0 Å². The summed E-state index contributed by atoms with van der Waals surface area (Å²) in [5, 5.41) is 11.5. The van der Waals surface area contributed by atoms with Crippen molar-refractivity contribution >= 4 is 0 Å². The van der Waals surface area contributed by atoms with Crippen LogP contribution in [0.25, 0.3) is 0 Å². The smallest absolute Gasteiger partial charge is 0.132 e. The zero-order valence-electron chi connectivity index (χ0n) is 12.1. The molecule has 0 aliphatic carbocycles. The van der Waals surface area contributed by atoms with E-state index in [2.05, 4.69) is 4.89 Å². The van der Waals surface area contributed by atoms with E-state index < -0.39 is 6.10 Å². The third-order valence-electron chi connectivity index (χ3n) is 3.85. The van der Waals surface area contributed by atoms with Gasteiger partial charge in [0.15, 0.2) is 0 Å². The zero-order valence-corrected chi connectivity index (χ0v) is 12.1. The molecular formula is C20H17O2. The molecule has 0 fully saturated rings. The van der Waals surface area contributed by atoms with Gasteiger partial charge >= 0.3 is 0 Å². The van der Waals surface area contributed by atoms with Crippen molar-refractivity contribution in [3.05, 3.63) is 108 Å². The summed E-state index contributed by atoms with van der Waals surface area (Å²) in [6.45, 7) is 0. The Morgan fingerprint density at radius 3 is 1.27 bits per heavy atom. The van der Waals surface area contributed by atoms with Crippen molar-refractivity contribution in [2.75, 3.05) is 0 Å². The predicted molar refractivity (Wildman–Crippen MR) is 85.7 cm³/mol. The maximum Gasteiger partial charge on any atom is 0.132 e. The molecule has 1 unspecified atom stereocenters. The monoisotopic (exact) mass is 289 g/mol. The molecule has 1 radical (unpaired) electrons. The summed E-state index contributed by atoms with van der Waals surface area (Å²) in [5.74, 6) is -0.137. The average molecular weight is 289 g/mol. The van der Waals surface area contributed by atoms with Crippen LogP contribution in [-0.2, 0) is 10.1 Å². The molecule has 3 rings (SSSR count). The van der Waals surface area contributed by atoms with Gasteiger partial charge in [0.25, 0.3) is 0 Å². The Balaban J connectivity index is 2.09. The second-order valence-electron chi connectivity index (χ2n) is 5.23. The fourth-order valence-electron chi connectivity index (χ4n) is 2.81. The van der Waals surface area contributed by atoms with Gasteiger partial charge in [0.05, 0.1) is 0 Å². The summed E-state index contributed by atoms with van der Waals surface area (Å²) in [6.07, 6.45) is -0.564. The molecule has 0 amide bonds. The fourth-order valence-corrected chi connectivity index (χ4v) is 2.81. The van der Waals surface area contributed by atoms with Crippen molar-refractivity contribution < 1.29 is 10.1 Å². The Kier molecular flexibility index (Phi) is 4.64. The van der Waals surface area contributed by atoms with Gasteiger partial charge in [-0.15, -0.1) is 0 Å². The lowest BCUT2D eigenvalue weighted by Crippen LogP contribution is -2.14. The molecule has 109 valence electrons. The van der Waals surface area contributed by atoms with E-state index >= 15 is 0 Å². The lowest BCUT2D eigenvalue weighted by molar-refractivity contribution is -0.341. The highest BCUT2D eigenvalue weighted by molar-refractivity contribution is 5.36. The van der Waals surface area contributed by atoms with Crippen LogP contribution in [0, 0.1) is 0 Å². The van der Waals surface area contributed by atoms with E-state index in [9.17, 15) is 5.26 Å². The van der Waals surface area contributed by atoms with Crippen molar-refractivity contribution in [3.8, 4) is 0 Å². The van der Waals surface area contributed by atoms with Crippen LogP contribution in [0.2, 0.25) is 0 Å². The third kappa shape index (κ3) is 3.08. The van der Waals surface area contributed by atoms with E-state index in [1.165, 1.54) is 0 Å². The largest absolute Gasteiger partial charge is 0.195 e. The Labute approximate surface area is 130 Å². The summed E-state index contributed by atoms with van der Waals surface area (Å²) < 4.78 is 0. The summed E-state index contributed by atoms with van der Waals surface area (Å²) in [5.41, 5.74) is 3.02.